The second-order valence-corrected chi connectivity index (χ2v) is 6.23. The van der Waals surface area contributed by atoms with Crippen LogP contribution in [0.15, 0.2) is 23.4 Å². The average molecular weight is 256 g/mol. The first kappa shape index (κ1) is 11.0. The second-order valence-electron chi connectivity index (χ2n) is 6.23. The van der Waals surface area contributed by atoms with E-state index in [1.807, 2.05) is 6.07 Å². The molecule has 4 rings (SSSR count). The molecule has 2 fully saturated rings. The number of anilines is 1. The Bertz CT molecular complexity index is 707. The Hall–Kier alpha value is -1.91. The smallest absolute Gasteiger partial charge is 0.258 e. The summed E-state index contributed by atoms with van der Waals surface area (Å²) in [6.07, 6.45) is 3.11. The van der Waals surface area contributed by atoms with Crippen molar-refractivity contribution in [2.45, 2.75) is 13.8 Å². The number of rotatable bonds is 1. The molecule has 1 N–H and O–H groups in total. The second kappa shape index (κ2) is 3.35. The van der Waals surface area contributed by atoms with Crippen molar-refractivity contribution in [2.75, 3.05) is 18.0 Å². The Morgan fingerprint density at radius 1 is 1.32 bits per heavy atom. The molecule has 3 heterocycles. The van der Waals surface area contributed by atoms with Gasteiger partial charge in [0.1, 0.15) is 5.82 Å². The molecule has 0 amide bonds. The number of aromatic nitrogens is 3. The van der Waals surface area contributed by atoms with Crippen LogP contribution in [0.1, 0.15) is 13.8 Å². The van der Waals surface area contributed by atoms with E-state index in [-0.39, 0.29) is 5.56 Å². The molecule has 2 atom stereocenters. The zero-order chi connectivity index (χ0) is 13.2. The Labute approximate surface area is 110 Å². The average Bonchev–Trinajstić information content (AvgIpc) is 2.80. The highest BCUT2D eigenvalue weighted by Crippen LogP contribution is 2.62. The molecular weight excluding hydrogens is 240 g/mol. The fourth-order valence-corrected chi connectivity index (χ4v) is 3.45. The first-order chi connectivity index (χ1) is 9.07. The number of piperidine rings is 1. The van der Waals surface area contributed by atoms with Crippen LogP contribution in [0.25, 0.3) is 10.9 Å². The minimum absolute atomic E-state index is 0.0988. The number of fused-ring (bicyclic) bond motifs is 2. The molecule has 19 heavy (non-hydrogen) atoms. The Balaban J connectivity index is 1.70. The van der Waals surface area contributed by atoms with Gasteiger partial charge in [-0.15, -0.1) is 0 Å². The van der Waals surface area contributed by atoms with Crippen LogP contribution in [0.3, 0.4) is 0 Å². The highest BCUT2D eigenvalue weighted by atomic mass is 16.1. The Morgan fingerprint density at radius 3 is 2.79 bits per heavy atom. The lowest BCUT2D eigenvalue weighted by molar-refractivity contribution is 0.498. The van der Waals surface area contributed by atoms with Crippen LogP contribution in [-0.2, 0) is 0 Å². The van der Waals surface area contributed by atoms with Gasteiger partial charge in [-0.25, -0.2) is 9.97 Å². The van der Waals surface area contributed by atoms with Crippen molar-refractivity contribution in [1.29, 1.82) is 0 Å². The lowest BCUT2D eigenvalue weighted by Gasteiger charge is -2.23. The van der Waals surface area contributed by atoms with Gasteiger partial charge in [-0.3, -0.25) is 4.79 Å². The molecule has 0 spiro atoms. The third kappa shape index (κ3) is 1.44. The molecule has 0 bridgehead atoms. The summed E-state index contributed by atoms with van der Waals surface area (Å²) in [6.45, 7) is 6.77. The minimum Gasteiger partial charge on any atom is -0.356 e. The molecule has 1 aliphatic carbocycles. The van der Waals surface area contributed by atoms with Crippen LogP contribution >= 0.6 is 0 Å². The van der Waals surface area contributed by atoms with Crippen LogP contribution < -0.4 is 10.5 Å². The summed E-state index contributed by atoms with van der Waals surface area (Å²) in [5, 5.41) is 0.618. The molecule has 2 aliphatic rings. The van der Waals surface area contributed by atoms with E-state index in [0.29, 0.717) is 16.3 Å². The maximum atomic E-state index is 11.8. The quantitative estimate of drug-likeness (QED) is 0.838. The van der Waals surface area contributed by atoms with Gasteiger partial charge < -0.3 is 9.88 Å². The van der Waals surface area contributed by atoms with Gasteiger partial charge in [0.15, 0.2) is 0 Å². The van der Waals surface area contributed by atoms with Gasteiger partial charge in [0.25, 0.3) is 5.56 Å². The summed E-state index contributed by atoms with van der Waals surface area (Å²) >= 11 is 0. The summed E-state index contributed by atoms with van der Waals surface area (Å²) in [5.74, 6) is 2.45. The summed E-state index contributed by atoms with van der Waals surface area (Å²) in [6, 6.07) is 1.86. The molecule has 98 valence electrons. The molecule has 1 aliphatic heterocycles. The van der Waals surface area contributed by atoms with Gasteiger partial charge in [0, 0.05) is 13.1 Å². The van der Waals surface area contributed by atoms with Crippen molar-refractivity contribution in [3.63, 3.8) is 0 Å². The molecule has 5 nitrogen and oxygen atoms in total. The Morgan fingerprint density at radius 2 is 2.05 bits per heavy atom. The van der Waals surface area contributed by atoms with Crippen molar-refractivity contribution in [1.82, 2.24) is 15.0 Å². The van der Waals surface area contributed by atoms with E-state index in [1.165, 1.54) is 6.33 Å². The number of pyridine rings is 1. The molecule has 1 saturated carbocycles. The lowest BCUT2D eigenvalue weighted by atomic mass is 10.1. The van der Waals surface area contributed by atoms with Gasteiger partial charge in [-0.2, -0.15) is 0 Å². The summed E-state index contributed by atoms with van der Waals surface area (Å²) in [5.41, 5.74) is 1.04. The number of hydrogen-bond donors (Lipinski definition) is 1. The molecule has 2 aromatic rings. The first-order valence-electron chi connectivity index (χ1n) is 6.66. The van der Waals surface area contributed by atoms with Gasteiger partial charge >= 0.3 is 0 Å². The van der Waals surface area contributed by atoms with E-state index < -0.39 is 0 Å². The zero-order valence-electron chi connectivity index (χ0n) is 11.1. The van der Waals surface area contributed by atoms with Gasteiger partial charge in [-0.1, -0.05) is 13.8 Å². The largest absolute Gasteiger partial charge is 0.356 e. The highest BCUT2D eigenvalue weighted by molar-refractivity contribution is 5.79. The number of aromatic amines is 1. The van der Waals surface area contributed by atoms with Crippen molar-refractivity contribution >= 4 is 16.7 Å². The standard InChI is InChI=1S/C14H16N4O/c1-14(2)9-5-18(6-10(9)14)12-3-8-11(4-15-12)16-7-17-13(8)19/h3-4,7,9-10H,5-6H2,1-2H3,(H,16,17,19). The molecule has 0 radical (unpaired) electrons. The normalized spacial score (nSPS) is 27.6. The summed E-state index contributed by atoms with van der Waals surface area (Å²) in [7, 11) is 0. The fraction of sp³-hybridized carbons (Fsp3) is 0.500. The van der Waals surface area contributed by atoms with E-state index in [2.05, 4.69) is 33.7 Å². The molecule has 2 unspecified atom stereocenters. The van der Waals surface area contributed by atoms with Crippen LogP contribution in [-0.4, -0.2) is 28.0 Å². The number of hydrogen-bond acceptors (Lipinski definition) is 4. The predicted molar refractivity (Wildman–Crippen MR) is 73.1 cm³/mol. The van der Waals surface area contributed by atoms with Crippen LogP contribution in [0.5, 0.6) is 0 Å². The van der Waals surface area contributed by atoms with Crippen LogP contribution in [0.4, 0.5) is 5.82 Å². The fourth-order valence-electron chi connectivity index (χ4n) is 3.45. The van der Waals surface area contributed by atoms with Crippen LogP contribution in [0.2, 0.25) is 0 Å². The van der Waals surface area contributed by atoms with Crippen molar-refractivity contribution in [3.05, 3.63) is 28.9 Å². The van der Waals surface area contributed by atoms with E-state index >= 15 is 0 Å². The predicted octanol–water partition coefficient (Wildman–Crippen LogP) is 1.41. The third-order valence-corrected chi connectivity index (χ3v) is 4.96. The van der Waals surface area contributed by atoms with Crippen molar-refractivity contribution in [3.8, 4) is 0 Å². The maximum absolute atomic E-state index is 11.8. The monoisotopic (exact) mass is 256 g/mol. The number of nitrogens with zero attached hydrogens (tertiary/aromatic N) is 3. The molecule has 0 aromatic carbocycles. The maximum Gasteiger partial charge on any atom is 0.258 e. The third-order valence-electron chi connectivity index (χ3n) is 4.96. The first-order valence-corrected chi connectivity index (χ1v) is 6.66. The lowest BCUT2D eigenvalue weighted by Crippen LogP contribution is -2.27. The summed E-state index contributed by atoms with van der Waals surface area (Å²) < 4.78 is 0. The zero-order valence-corrected chi connectivity index (χ0v) is 11.1. The van der Waals surface area contributed by atoms with Crippen molar-refractivity contribution < 1.29 is 0 Å². The van der Waals surface area contributed by atoms with E-state index in [9.17, 15) is 4.79 Å². The topological polar surface area (TPSA) is 61.9 Å². The summed E-state index contributed by atoms with van der Waals surface area (Å²) in [4.78, 5) is 25.2. The van der Waals surface area contributed by atoms with E-state index in [0.717, 1.165) is 30.7 Å². The minimum atomic E-state index is -0.0988. The Kier molecular flexibility index (Phi) is 1.93. The SMILES string of the molecule is CC1(C)C2CN(c3cc4c(=O)[nH]cnc4cn3)CC21. The molecule has 2 aromatic heterocycles. The number of nitrogens with one attached hydrogen (secondary N) is 1. The highest BCUT2D eigenvalue weighted by Gasteiger charge is 2.62. The molecule has 5 heteroatoms. The van der Waals surface area contributed by atoms with Gasteiger partial charge in [0.05, 0.1) is 23.4 Å². The van der Waals surface area contributed by atoms with Gasteiger partial charge in [-0.05, 0) is 23.3 Å². The van der Waals surface area contributed by atoms with Crippen LogP contribution in [0, 0.1) is 17.3 Å². The van der Waals surface area contributed by atoms with E-state index in [1.54, 1.807) is 6.20 Å². The van der Waals surface area contributed by atoms with Gasteiger partial charge in [0.2, 0.25) is 0 Å². The molecular formula is C14H16N4O. The number of H-pyrrole nitrogens is 1. The van der Waals surface area contributed by atoms with E-state index in [4.69, 9.17) is 0 Å². The van der Waals surface area contributed by atoms with Crippen molar-refractivity contribution in [2.24, 2.45) is 17.3 Å². The molecule has 1 saturated heterocycles.